The van der Waals surface area contributed by atoms with Gasteiger partial charge in [0, 0.05) is 17.3 Å². The van der Waals surface area contributed by atoms with Gasteiger partial charge in [-0.1, -0.05) is 17.7 Å². The Labute approximate surface area is 118 Å². The third-order valence-electron chi connectivity index (χ3n) is 3.43. The molecular formula is C14H20ClN3O. The zero-order chi connectivity index (χ0) is 13.7. The van der Waals surface area contributed by atoms with E-state index in [1.54, 1.807) is 6.07 Å². The predicted octanol–water partition coefficient (Wildman–Crippen LogP) is 2.77. The molecule has 0 bridgehead atoms. The number of nitrogens with one attached hydrogen (secondary N) is 3. The lowest BCUT2D eigenvalue weighted by Gasteiger charge is -2.11. The van der Waals surface area contributed by atoms with E-state index >= 15 is 0 Å². The number of aryl methyl sites for hydroxylation is 1. The first-order chi connectivity index (χ1) is 9.15. The highest BCUT2D eigenvalue weighted by molar-refractivity contribution is 6.31. The molecule has 0 aromatic heterocycles. The molecular weight excluding hydrogens is 262 g/mol. The van der Waals surface area contributed by atoms with E-state index in [9.17, 15) is 4.79 Å². The molecule has 1 atom stereocenters. The van der Waals surface area contributed by atoms with Crippen LogP contribution in [0.3, 0.4) is 0 Å². The lowest BCUT2D eigenvalue weighted by atomic mass is 10.1. The Bertz CT molecular complexity index is 444. The summed E-state index contributed by atoms with van der Waals surface area (Å²) >= 11 is 6.01. The van der Waals surface area contributed by atoms with Crippen molar-refractivity contribution in [2.75, 3.05) is 25.0 Å². The second kappa shape index (κ2) is 6.78. The van der Waals surface area contributed by atoms with Crippen molar-refractivity contribution < 1.29 is 4.79 Å². The summed E-state index contributed by atoms with van der Waals surface area (Å²) in [7, 11) is 0. The zero-order valence-corrected chi connectivity index (χ0v) is 11.9. The van der Waals surface area contributed by atoms with Crippen LogP contribution in [0.2, 0.25) is 5.02 Å². The number of rotatable bonds is 4. The van der Waals surface area contributed by atoms with Crippen molar-refractivity contribution in [3.63, 3.8) is 0 Å². The Morgan fingerprint density at radius 1 is 1.53 bits per heavy atom. The summed E-state index contributed by atoms with van der Waals surface area (Å²) < 4.78 is 0. The van der Waals surface area contributed by atoms with Crippen LogP contribution < -0.4 is 16.0 Å². The van der Waals surface area contributed by atoms with E-state index in [2.05, 4.69) is 16.0 Å². The molecule has 0 aliphatic carbocycles. The molecule has 4 nitrogen and oxygen atoms in total. The van der Waals surface area contributed by atoms with E-state index < -0.39 is 0 Å². The molecule has 0 saturated carbocycles. The highest BCUT2D eigenvalue weighted by Gasteiger charge is 2.14. The van der Waals surface area contributed by atoms with Gasteiger partial charge in [-0.05, 0) is 56.5 Å². The van der Waals surface area contributed by atoms with Gasteiger partial charge in [0.25, 0.3) is 0 Å². The summed E-state index contributed by atoms with van der Waals surface area (Å²) in [6.07, 6.45) is 2.23. The van der Waals surface area contributed by atoms with Gasteiger partial charge in [0.2, 0.25) is 0 Å². The number of benzene rings is 1. The van der Waals surface area contributed by atoms with Gasteiger partial charge in [-0.3, -0.25) is 0 Å². The summed E-state index contributed by atoms with van der Waals surface area (Å²) in [5.41, 5.74) is 1.72. The summed E-state index contributed by atoms with van der Waals surface area (Å²) in [6, 6.07) is 5.33. The average molecular weight is 282 g/mol. The molecule has 0 spiro atoms. The quantitative estimate of drug-likeness (QED) is 0.795. The second-order valence-electron chi connectivity index (χ2n) is 4.99. The van der Waals surface area contributed by atoms with Crippen LogP contribution in [0.1, 0.15) is 18.4 Å². The van der Waals surface area contributed by atoms with Gasteiger partial charge in [0.05, 0.1) is 0 Å². The molecule has 3 N–H and O–H groups in total. The number of hydrogen-bond acceptors (Lipinski definition) is 2. The van der Waals surface area contributed by atoms with Crippen LogP contribution >= 0.6 is 11.6 Å². The number of hydrogen-bond donors (Lipinski definition) is 3. The number of urea groups is 1. The van der Waals surface area contributed by atoms with Crippen LogP contribution in [0.15, 0.2) is 18.2 Å². The summed E-state index contributed by atoms with van der Waals surface area (Å²) in [6.45, 7) is 4.80. The van der Waals surface area contributed by atoms with Crippen molar-refractivity contribution in [2.24, 2.45) is 5.92 Å². The number of anilines is 1. The largest absolute Gasteiger partial charge is 0.338 e. The minimum atomic E-state index is -0.175. The van der Waals surface area contributed by atoms with Gasteiger partial charge in [-0.15, -0.1) is 0 Å². The Morgan fingerprint density at radius 2 is 2.37 bits per heavy atom. The highest BCUT2D eigenvalue weighted by Crippen LogP contribution is 2.19. The van der Waals surface area contributed by atoms with Crippen molar-refractivity contribution in [1.29, 1.82) is 0 Å². The molecule has 1 aromatic carbocycles. The first kappa shape index (κ1) is 14.2. The molecule has 2 amide bonds. The Morgan fingerprint density at radius 3 is 3.05 bits per heavy atom. The molecule has 104 valence electrons. The van der Waals surface area contributed by atoms with Gasteiger partial charge in [-0.2, -0.15) is 0 Å². The number of amides is 2. The first-order valence-electron chi connectivity index (χ1n) is 6.67. The summed E-state index contributed by atoms with van der Waals surface area (Å²) in [5.74, 6) is 0.689. The molecule has 1 heterocycles. The topological polar surface area (TPSA) is 53.2 Å². The molecule has 1 saturated heterocycles. The number of carbonyl (C=O) groups is 1. The highest BCUT2D eigenvalue weighted by atomic mass is 35.5. The van der Waals surface area contributed by atoms with Crippen molar-refractivity contribution in [2.45, 2.75) is 19.8 Å². The van der Waals surface area contributed by atoms with Gasteiger partial charge in [0.1, 0.15) is 0 Å². The maximum atomic E-state index is 11.7. The van der Waals surface area contributed by atoms with Crippen molar-refractivity contribution in [1.82, 2.24) is 10.6 Å². The summed E-state index contributed by atoms with van der Waals surface area (Å²) in [4.78, 5) is 11.7. The fourth-order valence-corrected chi connectivity index (χ4v) is 2.38. The maximum absolute atomic E-state index is 11.7. The first-order valence-corrected chi connectivity index (χ1v) is 7.04. The Hall–Kier alpha value is -1.26. The van der Waals surface area contributed by atoms with Crippen LogP contribution in [0.4, 0.5) is 10.5 Å². The van der Waals surface area contributed by atoms with Gasteiger partial charge >= 0.3 is 6.03 Å². The molecule has 0 radical (unpaired) electrons. The molecule has 1 unspecified atom stereocenters. The lowest BCUT2D eigenvalue weighted by Crippen LogP contribution is -2.30. The van der Waals surface area contributed by atoms with E-state index in [0.717, 1.165) is 30.8 Å². The predicted molar refractivity (Wildman–Crippen MR) is 78.8 cm³/mol. The third-order valence-corrected chi connectivity index (χ3v) is 3.84. The van der Waals surface area contributed by atoms with Crippen molar-refractivity contribution in [3.05, 3.63) is 28.8 Å². The van der Waals surface area contributed by atoms with Crippen LogP contribution in [0.5, 0.6) is 0 Å². The fourth-order valence-electron chi connectivity index (χ4n) is 2.20. The smallest absolute Gasteiger partial charge is 0.319 e. The molecule has 1 aromatic rings. The van der Waals surface area contributed by atoms with E-state index in [1.165, 1.54) is 6.42 Å². The average Bonchev–Trinajstić information content (AvgIpc) is 2.87. The van der Waals surface area contributed by atoms with Gasteiger partial charge in [-0.25, -0.2) is 4.79 Å². The number of halogens is 1. The monoisotopic (exact) mass is 281 g/mol. The lowest BCUT2D eigenvalue weighted by molar-refractivity contribution is 0.251. The standard InChI is InChI=1S/C14H20ClN3O/c1-10-2-3-12(8-13(10)15)18-14(19)17-7-5-11-4-6-16-9-11/h2-3,8,11,16H,4-7,9H2,1H3,(H2,17,18,19). The zero-order valence-electron chi connectivity index (χ0n) is 11.1. The van der Waals surface area contributed by atoms with E-state index in [0.29, 0.717) is 17.5 Å². The second-order valence-corrected chi connectivity index (χ2v) is 5.40. The van der Waals surface area contributed by atoms with Gasteiger partial charge < -0.3 is 16.0 Å². The SMILES string of the molecule is Cc1ccc(NC(=O)NCCC2CCNC2)cc1Cl. The normalized spacial score (nSPS) is 18.3. The fraction of sp³-hybridized carbons (Fsp3) is 0.500. The molecule has 19 heavy (non-hydrogen) atoms. The van der Waals surface area contributed by atoms with E-state index in [1.807, 2.05) is 19.1 Å². The van der Waals surface area contributed by atoms with Crippen molar-refractivity contribution >= 4 is 23.3 Å². The molecule has 1 fully saturated rings. The molecule has 5 heteroatoms. The Balaban J connectivity index is 1.72. The summed E-state index contributed by atoms with van der Waals surface area (Å²) in [5, 5.41) is 9.64. The van der Waals surface area contributed by atoms with Crippen LogP contribution in [0, 0.1) is 12.8 Å². The molecule has 2 rings (SSSR count). The number of carbonyl (C=O) groups excluding carboxylic acids is 1. The maximum Gasteiger partial charge on any atom is 0.319 e. The van der Waals surface area contributed by atoms with Crippen LogP contribution in [-0.2, 0) is 0 Å². The third kappa shape index (κ3) is 4.40. The minimum absolute atomic E-state index is 0.175. The Kier molecular flexibility index (Phi) is 5.05. The molecule has 1 aliphatic heterocycles. The van der Waals surface area contributed by atoms with Crippen LogP contribution in [-0.4, -0.2) is 25.7 Å². The van der Waals surface area contributed by atoms with Gasteiger partial charge in [0.15, 0.2) is 0 Å². The molecule has 1 aliphatic rings. The van der Waals surface area contributed by atoms with Crippen molar-refractivity contribution in [3.8, 4) is 0 Å². The van der Waals surface area contributed by atoms with E-state index in [4.69, 9.17) is 11.6 Å². The minimum Gasteiger partial charge on any atom is -0.338 e. The van der Waals surface area contributed by atoms with Crippen LogP contribution in [0.25, 0.3) is 0 Å². The van der Waals surface area contributed by atoms with E-state index in [-0.39, 0.29) is 6.03 Å².